The van der Waals surface area contributed by atoms with Gasteiger partial charge in [0.2, 0.25) is 12.7 Å². The molecule has 26 heavy (non-hydrogen) atoms. The van der Waals surface area contributed by atoms with Crippen LogP contribution in [0.2, 0.25) is 0 Å². The molecule has 0 saturated carbocycles. The van der Waals surface area contributed by atoms with E-state index in [1.54, 1.807) is 18.2 Å². The Labute approximate surface area is 149 Å². The van der Waals surface area contributed by atoms with Crippen molar-refractivity contribution in [2.75, 3.05) is 12.1 Å². The van der Waals surface area contributed by atoms with E-state index in [0.717, 1.165) is 11.3 Å². The Kier molecular flexibility index (Phi) is 3.91. The topological polar surface area (TPSA) is 69.2 Å². The summed E-state index contributed by atoms with van der Waals surface area (Å²) in [7, 11) is 0. The monoisotopic (exact) mass is 380 g/mol. The van der Waals surface area contributed by atoms with Crippen molar-refractivity contribution >= 4 is 23.0 Å². The molecule has 1 aromatic carbocycles. The molecule has 3 heterocycles. The molecule has 4 rings (SSSR count). The third kappa shape index (κ3) is 3.15. The third-order valence-corrected chi connectivity index (χ3v) is 4.51. The van der Waals surface area contributed by atoms with Gasteiger partial charge in [-0.3, -0.25) is 0 Å². The summed E-state index contributed by atoms with van der Waals surface area (Å²) in [5.41, 5.74) is -0.156. The van der Waals surface area contributed by atoms with E-state index < -0.39 is 11.9 Å². The number of anilines is 2. The Balaban J connectivity index is 1.66. The predicted octanol–water partition coefficient (Wildman–Crippen LogP) is 4.40. The summed E-state index contributed by atoms with van der Waals surface area (Å²) in [5.74, 6) is 1.37. The highest BCUT2D eigenvalue weighted by Crippen LogP contribution is 2.40. The van der Waals surface area contributed by atoms with Crippen LogP contribution >= 0.6 is 11.3 Å². The fourth-order valence-corrected chi connectivity index (χ4v) is 3.35. The number of aromatic nitrogens is 3. The molecule has 0 bridgehead atoms. The van der Waals surface area contributed by atoms with Crippen LogP contribution in [0.4, 0.5) is 24.8 Å². The molecule has 3 aromatic rings. The summed E-state index contributed by atoms with van der Waals surface area (Å²) in [4.78, 5) is 11.8. The second-order valence-electron chi connectivity index (χ2n) is 5.37. The van der Waals surface area contributed by atoms with Crippen molar-refractivity contribution in [3.05, 3.63) is 41.2 Å². The first-order chi connectivity index (χ1) is 12.4. The van der Waals surface area contributed by atoms with Gasteiger partial charge in [0.25, 0.3) is 0 Å². The van der Waals surface area contributed by atoms with Crippen LogP contribution in [0, 0.1) is 6.92 Å². The molecular formula is C16H11F3N4O2S. The van der Waals surface area contributed by atoms with Crippen molar-refractivity contribution in [1.82, 2.24) is 15.0 Å². The molecule has 2 aromatic heterocycles. The number of aryl methyl sites for hydroxylation is 1. The second kappa shape index (κ2) is 6.13. The SMILES string of the molecule is Cc1nc(C(F)(F)F)c(-c2ccnc(Nc3ccc4c(c3)OCO4)n2)s1. The van der Waals surface area contributed by atoms with Gasteiger partial charge in [0.1, 0.15) is 0 Å². The highest BCUT2D eigenvalue weighted by molar-refractivity contribution is 7.15. The lowest BCUT2D eigenvalue weighted by Crippen LogP contribution is -2.08. The van der Waals surface area contributed by atoms with Gasteiger partial charge in [-0.1, -0.05) is 0 Å². The van der Waals surface area contributed by atoms with Gasteiger partial charge in [-0.15, -0.1) is 11.3 Å². The molecule has 134 valence electrons. The maximum atomic E-state index is 13.2. The minimum Gasteiger partial charge on any atom is -0.454 e. The minimum atomic E-state index is -4.55. The second-order valence-corrected chi connectivity index (χ2v) is 6.57. The van der Waals surface area contributed by atoms with E-state index in [1.807, 2.05) is 0 Å². The van der Waals surface area contributed by atoms with Gasteiger partial charge in [-0.2, -0.15) is 13.2 Å². The lowest BCUT2D eigenvalue weighted by molar-refractivity contribution is -0.140. The average Bonchev–Trinajstić information content (AvgIpc) is 3.20. The number of hydrogen-bond donors (Lipinski definition) is 1. The molecule has 0 amide bonds. The van der Waals surface area contributed by atoms with Gasteiger partial charge in [-0.05, 0) is 25.1 Å². The Morgan fingerprint density at radius 3 is 2.73 bits per heavy atom. The van der Waals surface area contributed by atoms with Crippen molar-refractivity contribution in [2.24, 2.45) is 0 Å². The lowest BCUT2D eigenvalue weighted by atomic mass is 10.2. The summed E-state index contributed by atoms with van der Waals surface area (Å²) < 4.78 is 50.1. The van der Waals surface area contributed by atoms with Crippen LogP contribution in [0.1, 0.15) is 10.7 Å². The van der Waals surface area contributed by atoms with Crippen molar-refractivity contribution in [3.8, 4) is 22.1 Å². The smallest absolute Gasteiger partial charge is 0.434 e. The van der Waals surface area contributed by atoms with Crippen LogP contribution < -0.4 is 14.8 Å². The Morgan fingerprint density at radius 1 is 1.12 bits per heavy atom. The molecule has 1 aliphatic heterocycles. The van der Waals surface area contributed by atoms with Crippen LogP contribution in [0.3, 0.4) is 0 Å². The zero-order valence-corrected chi connectivity index (χ0v) is 14.1. The lowest BCUT2D eigenvalue weighted by Gasteiger charge is -2.08. The highest BCUT2D eigenvalue weighted by Gasteiger charge is 2.37. The zero-order chi connectivity index (χ0) is 18.3. The number of ether oxygens (including phenoxy) is 2. The van der Waals surface area contributed by atoms with Gasteiger partial charge in [0, 0.05) is 18.0 Å². The standard InChI is InChI=1S/C16H11F3N4O2S/c1-8-21-14(16(17,18)19)13(26-8)10-4-5-20-15(23-10)22-9-2-3-11-12(6-9)25-7-24-11/h2-6H,7H2,1H3,(H,20,22,23). The predicted molar refractivity (Wildman–Crippen MR) is 88.7 cm³/mol. The van der Waals surface area contributed by atoms with Gasteiger partial charge < -0.3 is 14.8 Å². The van der Waals surface area contributed by atoms with Gasteiger partial charge in [0.05, 0.1) is 15.6 Å². The fraction of sp³-hybridized carbons (Fsp3) is 0.188. The molecule has 0 atom stereocenters. The third-order valence-electron chi connectivity index (χ3n) is 3.52. The maximum absolute atomic E-state index is 13.2. The van der Waals surface area contributed by atoms with E-state index in [1.165, 1.54) is 19.2 Å². The number of hydrogen-bond acceptors (Lipinski definition) is 7. The van der Waals surface area contributed by atoms with E-state index in [0.29, 0.717) is 22.2 Å². The number of halogens is 3. The largest absolute Gasteiger partial charge is 0.454 e. The number of alkyl halides is 3. The summed E-state index contributed by atoms with van der Waals surface area (Å²) in [5, 5.41) is 3.27. The molecule has 0 fully saturated rings. The molecular weight excluding hydrogens is 369 g/mol. The molecule has 1 N–H and O–H groups in total. The molecule has 1 aliphatic rings. The number of rotatable bonds is 3. The Hall–Kier alpha value is -2.88. The van der Waals surface area contributed by atoms with E-state index >= 15 is 0 Å². The molecule has 0 unspecified atom stereocenters. The average molecular weight is 380 g/mol. The number of fused-ring (bicyclic) bond motifs is 1. The van der Waals surface area contributed by atoms with Crippen molar-refractivity contribution in [3.63, 3.8) is 0 Å². The van der Waals surface area contributed by atoms with E-state index in [9.17, 15) is 13.2 Å². The highest BCUT2D eigenvalue weighted by atomic mass is 32.1. The molecule has 0 radical (unpaired) electrons. The zero-order valence-electron chi connectivity index (χ0n) is 13.3. The van der Waals surface area contributed by atoms with Gasteiger partial charge in [-0.25, -0.2) is 15.0 Å². The van der Waals surface area contributed by atoms with Crippen LogP contribution in [0.5, 0.6) is 11.5 Å². The summed E-state index contributed by atoms with van der Waals surface area (Å²) in [6, 6.07) is 6.59. The Bertz CT molecular complexity index is 974. The number of nitrogens with one attached hydrogen (secondary N) is 1. The summed E-state index contributed by atoms with van der Waals surface area (Å²) in [6.07, 6.45) is -3.15. The number of benzene rings is 1. The fourth-order valence-electron chi connectivity index (χ4n) is 2.44. The first-order valence-corrected chi connectivity index (χ1v) is 8.26. The van der Waals surface area contributed by atoms with E-state index in [4.69, 9.17) is 9.47 Å². The summed E-state index contributed by atoms with van der Waals surface area (Å²) >= 11 is 0.940. The van der Waals surface area contributed by atoms with Crippen LogP contribution in [0.15, 0.2) is 30.5 Å². The molecule has 0 aliphatic carbocycles. The quantitative estimate of drug-likeness (QED) is 0.726. The molecule has 0 spiro atoms. The van der Waals surface area contributed by atoms with Crippen molar-refractivity contribution < 1.29 is 22.6 Å². The number of nitrogens with zero attached hydrogens (tertiary/aromatic N) is 3. The molecule has 0 saturated heterocycles. The van der Waals surface area contributed by atoms with Crippen LogP contribution in [-0.4, -0.2) is 21.7 Å². The normalized spacial score (nSPS) is 13.1. The molecule has 6 nitrogen and oxygen atoms in total. The van der Waals surface area contributed by atoms with Crippen LogP contribution in [-0.2, 0) is 6.18 Å². The summed E-state index contributed by atoms with van der Waals surface area (Å²) in [6.45, 7) is 1.67. The molecule has 10 heteroatoms. The van der Waals surface area contributed by atoms with E-state index in [2.05, 4.69) is 20.3 Å². The van der Waals surface area contributed by atoms with Crippen LogP contribution in [0.25, 0.3) is 10.6 Å². The van der Waals surface area contributed by atoms with E-state index in [-0.39, 0.29) is 23.3 Å². The van der Waals surface area contributed by atoms with Crippen molar-refractivity contribution in [1.29, 1.82) is 0 Å². The van der Waals surface area contributed by atoms with Gasteiger partial charge >= 0.3 is 6.18 Å². The number of thiazole rings is 1. The maximum Gasteiger partial charge on any atom is 0.434 e. The minimum absolute atomic E-state index is 0.0360. The first-order valence-electron chi connectivity index (χ1n) is 7.45. The van der Waals surface area contributed by atoms with Gasteiger partial charge in [0.15, 0.2) is 17.2 Å². The van der Waals surface area contributed by atoms with Crippen molar-refractivity contribution in [2.45, 2.75) is 13.1 Å². The first kappa shape index (κ1) is 16.6. The Morgan fingerprint density at radius 2 is 1.92 bits per heavy atom.